The van der Waals surface area contributed by atoms with Crippen LogP contribution in [0.15, 0.2) is 48.8 Å². The molecule has 1 aliphatic heterocycles. The highest BCUT2D eigenvalue weighted by Gasteiger charge is 2.58. The molecule has 1 aromatic heterocycles. The third kappa shape index (κ3) is 3.80. The molecule has 1 saturated carbocycles. The summed E-state index contributed by atoms with van der Waals surface area (Å²) in [7, 11) is 0. The van der Waals surface area contributed by atoms with Crippen molar-refractivity contribution >= 4 is 5.91 Å². The summed E-state index contributed by atoms with van der Waals surface area (Å²) in [5, 5.41) is 3.11. The summed E-state index contributed by atoms with van der Waals surface area (Å²) in [6.45, 7) is 5.95. The topological polar surface area (TPSA) is 45.2 Å². The van der Waals surface area contributed by atoms with Gasteiger partial charge in [-0.3, -0.25) is 14.7 Å². The molecule has 1 spiro atoms. The van der Waals surface area contributed by atoms with Gasteiger partial charge in [-0.2, -0.15) is 0 Å². The lowest BCUT2D eigenvalue weighted by atomic mass is 9.90. The molecule has 4 rings (SSSR count). The minimum Gasteiger partial charge on any atom is -0.352 e. The van der Waals surface area contributed by atoms with Crippen molar-refractivity contribution in [1.82, 2.24) is 15.2 Å². The number of pyridine rings is 1. The van der Waals surface area contributed by atoms with Gasteiger partial charge in [0.1, 0.15) is 0 Å². The predicted octanol–water partition coefficient (Wildman–Crippen LogP) is 3.31. The maximum absolute atomic E-state index is 12.5. The SMILES string of the molecule is Cc1ccc(CN2CCC3(CC2)CC3C(=O)NCc2ccncc2)cc1. The van der Waals surface area contributed by atoms with Crippen LogP contribution in [0.3, 0.4) is 0 Å². The van der Waals surface area contributed by atoms with E-state index in [0.29, 0.717) is 6.54 Å². The first-order valence-electron chi connectivity index (χ1n) is 9.59. The van der Waals surface area contributed by atoms with E-state index in [-0.39, 0.29) is 17.2 Å². The zero-order valence-electron chi connectivity index (χ0n) is 15.4. The van der Waals surface area contributed by atoms with Crippen molar-refractivity contribution in [2.45, 2.75) is 39.3 Å². The van der Waals surface area contributed by atoms with Crippen molar-refractivity contribution in [3.63, 3.8) is 0 Å². The number of benzene rings is 1. The molecular weight excluding hydrogens is 322 g/mol. The van der Waals surface area contributed by atoms with Crippen molar-refractivity contribution in [3.8, 4) is 0 Å². The minimum absolute atomic E-state index is 0.214. The number of hydrogen-bond acceptors (Lipinski definition) is 3. The van der Waals surface area contributed by atoms with Gasteiger partial charge in [0.2, 0.25) is 5.91 Å². The number of likely N-dealkylation sites (tertiary alicyclic amines) is 1. The van der Waals surface area contributed by atoms with Crippen LogP contribution in [0.2, 0.25) is 0 Å². The average molecular weight is 349 g/mol. The number of nitrogens with zero attached hydrogens (tertiary/aromatic N) is 2. The molecule has 0 radical (unpaired) electrons. The number of aryl methyl sites for hydroxylation is 1. The Morgan fingerprint density at radius 2 is 1.81 bits per heavy atom. The molecule has 1 aliphatic carbocycles. The Morgan fingerprint density at radius 3 is 2.50 bits per heavy atom. The molecule has 4 heteroatoms. The van der Waals surface area contributed by atoms with E-state index in [0.717, 1.165) is 44.5 Å². The highest BCUT2D eigenvalue weighted by atomic mass is 16.2. The summed E-state index contributed by atoms with van der Waals surface area (Å²) in [5.74, 6) is 0.444. The third-order valence-electron chi connectivity index (χ3n) is 6.10. The molecule has 4 nitrogen and oxygen atoms in total. The molecule has 1 unspecified atom stereocenters. The summed E-state index contributed by atoms with van der Waals surface area (Å²) in [4.78, 5) is 19.1. The summed E-state index contributed by atoms with van der Waals surface area (Å²) < 4.78 is 0. The Kier molecular flexibility index (Phi) is 4.77. The number of aromatic nitrogens is 1. The maximum Gasteiger partial charge on any atom is 0.223 e. The zero-order chi connectivity index (χ0) is 18.0. The van der Waals surface area contributed by atoms with E-state index in [1.807, 2.05) is 12.1 Å². The smallest absolute Gasteiger partial charge is 0.223 e. The van der Waals surface area contributed by atoms with Crippen LogP contribution in [0.4, 0.5) is 0 Å². The van der Waals surface area contributed by atoms with Crippen molar-refractivity contribution in [2.24, 2.45) is 11.3 Å². The van der Waals surface area contributed by atoms with E-state index in [1.54, 1.807) is 12.4 Å². The molecule has 26 heavy (non-hydrogen) atoms. The third-order valence-corrected chi connectivity index (χ3v) is 6.10. The van der Waals surface area contributed by atoms with Crippen molar-refractivity contribution in [3.05, 3.63) is 65.5 Å². The van der Waals surface area contributed by atoms with E-state index in [9.17, 15) is 4.79 Å². The fourth-order valence-electron chi connectivity index (χ4n) is 4.19. The summed E-state index contributed by atoms with van der Waals surface area (Å²) in [6.07, 6.45) is 6.89. The molecule has 1 aromatic carbocycles. The quantitative estimate of drug-likeness (QED) is 0.901. The van der Waals surface area contributed by atoms with Gasteiger partial charge in [0, 0.05) is 31.4 Å². The van der Waals surface area contributed by atoms with Crippen molar-refractivity contribution < 1.29 is 4.79 Å². The van der Waals surface area contributed by atoms with Crippen LogP contribution >= 0.6 is 0 Å². The monoisotopic (exact) mass is 349 g/mol. The first-order valence-corrected chi connectivity index (χ1v) is 9.59. The van der Waals surface area contributed by atoms with Crippen LogP contribution in [0, 0.1) is 18.3 Å². The van der Waals surface area contributed by atoms with Gasteiger partial charge < -0.3 is 5.32 Å². The first kappa shape index (κ1) is 17.2. The molecule has 2 aliphatic rings. The lowest BCUT2D eigenvalue weighted by Gasteiger charge is -2.32. The Hall–Kier alpha value is -2.20. The van der Waals surface area contributed by atoms with E-state index in [1.165, 1.54) is 11.1 Å². The lowest BCUT2D eigenvalue weighted by Crippen LogP contribution is -2.36. The predicted molar refractivity (Wildman–Crippen MR) is 102 cm³/mol. The minimum atomic E-state index is 0.214. The number of rotatable bonds is 5. The lowest BCUT2D eigenvalue weighted by molar-refractivity contribution is -0.123. The van der Waals surface area contributed by atoms with E-state index in [2.05, 4.69) is 46.4 Å². The highest BCUT2D eigenvalue weighted by molar-refractivity contribution is 5.82. The van der Waals surface area contributed by atoms with Crippen LogP contribution in [-0.2, 0) is 17.9 Å². The van der Waals surface area contributed by atoms with E-state index in [4.69, 9.17) is 0 Å². The molecule has 0 bridgehead atoms. The maximum atomic E-state index is 12.5. The van der Waals surface area contributed by atoms with Crippen LogP contribution < -0.4 is 5.32 Å². The van der Waals surface area contributed by atoms with Gasteiger partial charge in [-0.15, -0.1) is 0 Å². The number of carbonyl (C=O) groups excluding carboxylic acids is 1. The Balaban J connectivity index is 1.24. The van der Waals surface area contributed by atoms with Gasteiger partial charge in [0.05, 0.1) is 0 Å². The fourth-order valence-corrected chi connectivity index (χ4v) is 4.19. The molecule has 1 saturated heterocycles. The standard InChI is InChI=1S/C22H27N3O/c1-17-2-4-19(5-3-17)16-25-12-8-22(9-13-25)14-20(22)21(26)24-15-18-6-10-23-11-7-18/h2-7,10-11,20H,8-9,12-16H2,1H3,(H,24,26). The van der Waals surface area contributed by atoms with Gasteiger partial charge in [-0.05, 0) is 68.0 Å². The Bertz CT molecular complexity index is 749. The molecule has 1 amide bonds. The summed E-state index contributed by atoms with van der Waals surface area (Å²) >= 11 is 0. The number of carbonyl (C=O) groups is 1. The average Bonchev–Trinajstić information content (AvgIpc) is 3.38. The molecule has 136 valence electrons. The second-order valence-electron chi connectivity index (χ2n) is 7.95. The number of amides is 1. The number of hydrogen-bond donors (Lipinski definition) is 1. The van der Waals surface area contributed by atoms with Gasteiger partial charge >= 0.3 is 0 Å². The second-order valence-corrected chi connectivity index (χ2v) is 7.95. The van der Waals surface area contributed by atoms with Gasteiger partial charge in [0.25, 0.3) is 0 Å². The molecular formula is C22H27N3O. The second kappa shape index (κ2) is 7.20. The van der Waals surface area contributed by atoms with Crippen molar-refractivity contribution in [2.75, 3.05) is 13.1 Å². The van der Waals surface area contributed by atoms with Gasteiger partial charge in [-0.1, -0.05) is 29.8 Å². The zero-order valence-corrected chi connectivity index (χ0v) is 15.4. The largest absolute Gasteiger partial charge is 0.352 e. The van der Waals surface area contributed by atoms with Crippen LogP contribution in [-0.4, -0.2) is 28.9 Å². The van der Waals surface area contributed by atoms with Crippen LogP contribution in [0.5, 0.6) is 0 Å². The Labute approximate surface area is 155 Å². The highest BCUT2D eigenvalue weighted by Crippen LogP contribution is 2.59. The fraction of sp³-hybridized carbons (Fsp3) is 0.455. The molecule has 1 atom stereocenters. The van der Waals surface area contributed by atoms with E-state index >= 15 is 0 Å². The van der Waals surface area contributed by atoms with Gasteiger partial charge in [0.15, 0.2) is 0 Å². The Morgan fingerprint density at radius 1 is 1.12 bits per heavy atom. The summed E-state index contributed by atoms with van der Waals surface area (Å²) in [6, 6.07) is 12.7. The first-order chi connectivity index (χ1) is 12.6. The summed E-state index contributed by atoms with van der Waals surface area (Å²) in [5.41, 5.74) is 4.07. The molecule has 2 heterocycles. The molecule has 2 aromatic rings. The number of piperidine rings is 1. The molecule has 2 fully saturated rings. The number of nitrogens with one attached hydrogen (secondary N) is 1. The normalized spacial score (nSPS) is 21.5. The van der Waals surface area contributed by atoms with Crippen LogP contribution in [0.1, 0.15) is 36.0 Å². The molecule has 1 N–H and O–H groups in total. The van der Waals surface area contributed by atoms with Crippen molar-refractivity contribution in [1.29, 1.82) is 0 Å². The van der Waals surface area contributed by atoms with E-state index < -0.39 is 0 Å². The van der Waals surface area contributed by atoms with Gasteiger partial charge in [-0.25, -0.2) is 0 Å². The van der Waals surface area contributed by atoms with Crippen LogP contribution in [0.25, 0.3) is 0 Å².